The Labute approximate surface area is 171 Å². The van der Waals surface area contributed by atoms with Gasteiger partial charge in [-0.3, -0.25) is 4.79 Å². The molecule has 0 saturated carbocycles. The quantitative estimate of drug-likeness (QED) is 0.760. The zero-order valence-corrected chi connectivity index (χ0v) is 16.3. The summed E-state index contributed by atoms with van der Waals surface area (Å²) in [6, 6.07) is 9.76. The highest BCUT2D eigenvalue weighted by atomic mass is 19.4. The molecule has 0 bridgehead atoms. The van der Waals surface area contributed by atoms with Crippen molar-refractivity contribution in [2.75, 3.05) is 37.0 Å². The number of anilines is 2. The second kappa shape index (κ2) is 8.95. The van der Waals surface area contributed by atoms with E-state index in [1.165, 1.54) is 31.4 Å². The Bertz CT molecular complexity index is 964. The van der Waals surface area contributed by atoms with Crippen molar-refractivity contribution in [3.63, 3.8) is 0 Å². The summed E-state index contributed by atoms with van der Waals surface area (Å²) >= 11 is 0. The summed E-state index contributed by atoms with van der Waals surface area (Å²) in [6.45, 7) is 0.998. The number of alkyl halides is 3. The molecule has 1 heterocycles. The van der Waals surface area contributed by atoms with Crippen LogP contribution in [0.4, 0.5) is 24.5 Å². The van der Waals surface area contributed by atoms with Crippen LogP contribution in [0.25, 0.3) is 0 Å². The second-order valence-electron chi connectivity index (χ2n) is 6.74. The number of benzene rings is 2. The van der Waals surface area contributed by atoms with Crippen molar-refractivity contribution in [2.24, 2.45) is 0 Å². The van der Waals surface area contributed by atoms with E-state index in [4.69, 9.17) is 14.7 Å². The van der Waals surface area contributed by atoms with E-state index < -0.39 is 24.3 Å². The highest BCUT2D eigenvalue weighted by Gasteiger charge is 2.32. The number of carbonyl (C=O) groups excluding carboxylic acids is 1. The predicted molar refractivity (Wildman–Crippen MR) is 105 cm³/mol. The number of rotatable bonds is 6. The lowest BCUT2D eigenvalue weighted by atomic mass is 10.1. The summed E-state index contributed by atoms with van der Waals surface area (Å²) in [5.41, 5.74) is 0.162. The number of nitrogens with one attached hydrogen (secondary N) is 1. The lowest BCUT2D eigenvalue weighted by Gasteiger charge is -2.23. The van der Waals surface area contributed by atoms with Gasteiger partial charge in [0.1, 0.15) is 0 Å². The van der Waals surface area contributed by atoms with Crippen LogP contribution in [-0.4, -0.2) is 32.7 Å². The van der Waals surface area contributed by atoms with Crippen LogP contribution in [0, 0.1) is 11.3 Å². The smallest absolute Gasteiger partial charge is 0.416 e. The van der Waals surface area contributed by atoms with Gasteiger partial charge in [0.25, 0.3) is 5.91 Å². The van der Waals surface area contributed by atoms with Gasteiger partial charge in [-0.1, -0.05) is 0 Å². The van der Waals surface area contributed by atoms with Crippen LogP contribution < -0.4 is 19.7 Å². The molecule has 3 rings (SSSR count). The van der Waals surface area contributed by atoms with Gasteiger partial charge in [0, 0.05) is 19.2 Å². The number of halogens is 3. The summed E-state index contributed by atoms with van der Waals surface area (Å²) in [5, 5.41) is 11.5. The van der Waals surface area contributed by atoms with E-state index >= 15 is 0 Å². The topological polar surface area (TPSA) is 74.6 Å². The summed E-state index contributed by atoms with van der Waals surface area (Å²) < 4.78 is 50.0. The largest absolute Gasteiger partial charge is 0.493 e. The van der Waals surface area contributed by atoms with Gasteiger partial charge in [0.05, 0.1) is 35.7 Å². The van der Waals surface area contributed by atoms with E-state index in [0.717, 1.165) is 25.0 Å². The molecule has 0 aromatic heterocycles. The summed E-state index contributed by atoms with van der Waals surface area (Å²) in [5.74, 6) is -0.0877. The van der Waals surface area contributed by atoms with Crippen LogP contribution in [0.15, 0.2) is 36.4 Å². The van der Waals surface area contributed by atoms with Crippen molar-refractivity contribution >= 4 is 17.3 Å². The summed E-state index contributed by atoms with van der Waals surface area (Å²) in [6.07, 6.45) is -2.64. The molecule has 6 nitrogen and oxygen atoms in total. The molecule has 1 N–H and O–H groups in total. The maximum absolute atomic E-state index is 13.1. The van der Waals surface area contributed by atoms with Crippen molar-refractivity contribution in [1.82, 2.24) is 0 Å². The minimum atomic E-state index is -4.52. The first-order valence-corrected chi connectivity index (χ1v) is 9.29. The molecule has 0 spiro atoms. The van der Waals surface area contributed by atoms with E-state index in [1.807, 2.05) is 11.0 Å². The first kappa shape index (κ1) is 21.3. The minimum absolute atomic E-state index is 0.0899. The third kappa shape index (κ3) is 4.95. The molecule has 158 valence electrons. The van der Waals surface area contributed by atoms with Gasteiger partial charge in [0.2, 0.25) is 0 Å². The highest BCUT2D eigenvalue weighted by Crippen LogP contribution is 2.36. The fraction of sp³-hybridized carbons (Fsp3) is 0.333. The molecule has 2 aromatic carbocycles. The normalized spacial score (nSPS) is 13.6. The van der Waals surface area contributed by atoms with Gasteiger partial charge in [-0.2, -0.15) is 18.4 Å². The van der Waals surface area contributed by atoms with Gasteiger partial charge in [-0.15, -0.1) is 0 Å². The third-order valence-corrected chi connectivity index (χ3v) is 4.70. The minimum Gasteiger partial charge on any atom is -0.493 e. The zero-order valence-electron chi connectivity index (χ0n) is 16.3. The van der Waals surface area contributed by atoms with E-state index in [2.05, 4.69) is 5.32 Å². The molecule has 0 unspecified atom stereocenters. The molecule has 9 heteroatoms. The van der Waals surface area contributed by atoms with E-state index in [0.29, 0.717) is 24.3 Å². The average Bonchev–Trinajstić information content (AvgIpc) is 3.26. The molecular formula is C21H20F3N3O3. The number of amides is 1. The van der Waals surface area contributed by atoms with E-state index in [1.54, 1.807) is 0 Å². The molecule has 1 aliphatic rings. The summed E-state index contributed by atoms with van der Waals surface area (Å²) in [4.78, 5) is 14.4. The van der Waals surface area contributed by atoms with Crippen LogP contribution in [0.5, 0.6) is 11.5 Å². The Morgan fingerprint density at radius 3 is 2.53 bits per heavy atom. The van der Waals surface area contributed by atoms with Crippen LogP contribution in [-0.2, 0) is 11.0 Å². The van der Waals surface area contributed by atoms with Gasteiger partial charge in [0.15, 0.2) is 18.1 Å². The number of hydrogen-bond donors (Lipinski definition) is 1. The Hall–Kier alpha value is -3.41. The van der Waals surface area contributed by atoms with Crippen molar-refractivity contribution in [1.29, 1.82) is 5.26 Å². The highest BCUT2D eigenvalue weighted by molar-refractivity contribution is 5.95. The number of hydrogen-bond acceptors (Lipinski definition) is 5. The van der Waals surface area contributed by atoms with Gasteiger partial charge < -0.3 is 19.7 Å². The molecule has 30 heavy (non-hydrogen) atoms. The maximum Gasteiger partial charge on any atom is 0.416 e. The number of nitrogens with zero attached hydrogens (tertiary/aromatic N) is 2. The number of ether oxygens (including phenoxy) is 2. The maximum atomic E-state index is 13.1. The van der Waals surface area contributed by atoms with E-state index in [9.17, 15) is 18.0 Å². The lowest BCUT2D eigenvalue weighted by molar-refractivity contribution is -0.137. The monoisotopic (exact) mass is 419 g/mol. The van der Waals surface area contributed by atoms with Crippen molar-refractivity contribution in [3.05, 3.63) is 47.5 Å². The van der Waals surface area contributed by atoms with Gasteiger partial charge in [-0.05, 0) is 43.2 Å². The second-order valence-corrected chi connectivity index (χ2v) is 6.74. The fourth-order valence-corrected chi connectivity index (χ4v) is 3.23. The molecule has 1 fully saturated rings. The van der Waals surface area contributed by atoms with Crippen molar-refractivity contribution < 1.29 is 27.4 Å². The zero-order chi connectivity index (χ0) is 21.7. The molecule has 0 radical (unpaired) electrons. The van der Waals surface area contributed by atoms with Crippen molar-refractivity contribution in [2.45, 2.75) is 19.0 Å². The van der Waals surface area contributed by atoms with Crippen LogP contribution in [0.2, 0.25) is 0 Å². The number of nitriles is 1. The van der Waals surface area contributed by atoms with Crippen molar-refractivity contribution in [3.8, 4) is 17.6 Å². The van der Waals surface area contributed by atoms with Crippen LogP contribution in [0.3, 0.4) is 0 Å². The Balaban J connectivity index is 1.76. The Morgan fingerprint density at radius 1 is 1.17 bits per heavy atom. The Morgan fingerprint density at radius 2 is 1.90 bits per heavy atom. The molecule has 0 atom stereocenters. The molecule has 1 saturated heterocycles. The van der Waals surface area contributed by atoms with Gasteiger partial charge >= 0.3 is 6.18 Å². The average molecular weight is 419 g/mol. The SMILES string of the molecule is COc1cc(C#N)ccc1OCC(=O)Nc1cc(C(F)(F)F)ccc1N1CCCC1. The molecule has 1 amide bonds. The number of methoxy groups -OCH3 is 1. The van der Waals surface area contributed by atoms with Crippen LogP contribution in [0.1, 0.15) is 24.0 Å². The van der Waals surface area contributed by atoms with Gasteiger partial charge in [-0.25, -0.2) is 0 Å². The van der Waals surface area contributed by atoms with E-state index in [-0.39, 0.29) is 17.2 Å². The lowest BCUT2D eigenvalue weighted by Crippen LogP contribution is -2.24. The third-order valence-electron chi connectivity index (χ3n) is 4.70. The molecular weight excluding hydrogens is 399 g/mol. The standard InChI is InChI=1S/C21H20F3N3O3/c1-29-19-10-14(12-25)4-7-18(19)30-13-20(28)26-16-11-15(21(22,23)24)5-6-17(16)27-8-2-3-9-27/h4-7,10-11H,2-3,8-9,13H2,1H3,(H,26,28). The first-order chi connectivity index (χ1) is 14.3. The molecule has 0 aliphatic carbocycles. The fourth-order valence-electron chi connectivity index (χ4n) is 3.23. The molecule has 1 aliphatic heterocycles. The number of carbonyl (C=O) groups is 1. The summed E-state index contributed by atoms with van der Waals surface area (Å²) in [7, 11) is 1.40. The predicted octanol–water partition coefficient (Wildman–Crippen LogP) is 4.20. The van der Waals surface area contributed by atoms with Crippen LogP contribution >= 0.6 is 0 Å². The molecule has 2 aromatic rings. The Kier molecular flexibility index (Phi) is 6.35. The first-order valence-electron chi connectivity index (χ1n) is 9.29.